The van der Waals surface area contributed by atoms with Crippen molar-refractivity contribution in [2.24, 2.45) is 0 Å². The number of rotatable bonds is 11. The number of nitrogens with one attached hydrogen (secondary N) is 1. The van der Waals surface area contributed by atoms with E-state index in [1.807, 2.05) is 12.1 Å². The van der Waals surface area contributed by atoms with Crippen LogP contribution >= 0.6 is 22.7 Å². The van der Waals surface area contributed by atoms with Gasteiger partial charge in [-0.1, -0.05) is 55.4 Å². The highest BCUT2D eigenvalue weighted by molar-refractivity contribution is 7.23. The Kier molecular flexibility index (Phi) is 8.09. The second kappa shape index (κ2) is 11.4. The summed E-state index contributed by atoms with van der Waals surface area (Å²) in [6.07, 6.45) is 4.85. The van der Waals surface area contributed by atoms with E-state index >= 15 is 0 Å². The Morgan fingerprint density at radius 3 is 2.29 bits per heavy atom. The number of ether oxygens (including phenoxy) is 3. The Morgan fingerprint density at radius 2 is 1.66 bits per heavy atom. The summed E-state index contributed by atoms with van der Waals surface area (Å²) < 4.78 is 16.3. The molecule has 0 aliphatic carbocycles. The number of methoxy groups -OCH3 is 3. The van der Waals surface area contributed by atoms with E-state index in [0.29, 0.717) is 28.2 Å². The summed E-state index contributed by atoms with van der Waals surface area (Å²) in [5, 5.41) is 6.85. The number of nitrogens with zero attached hydrogens (tertiary/aromatic N) is 2. The van der Waals surface area contributed by atoms with Crippen molar-refractivity contribution >= 4 is 39.3 Å². The fourth-order valence-corrected chi connectivity index (χ4v) is 5.58. The molecule has 0 unspecified atom stereocenters. The number of thiazole rings is 2. The smallest absolute Gasteiger partial charge is 0.203 e. The zero-order valence-corrected chi connectivity index (χ0v) is 22.0. The van der Waals surface area contributed by atoms with Crippen LogP contribution in [0.25, 0.3) is 21.1 Å². The largest absolute Gasteiger partial charge is 0.493 e. The first-order chi connectivity index (χ1) is 17.1. The highest BCUT2D eigenvalue weighted by atomic mass is 32.1. The van der Waals surface area contributed by atoms with Crippen LogP contribution in [0.15, 0.2) is 41.8 Å². The van der Waals surface area contributed by atoms with Gasteiger partial charge in [-0.15, -0.1) is 11.3 Å². The van der Waals surface area contributed by atoms with E-state index in [0.717, 1.165) is 33.3 Å². The quantitative estimate of drug-likeness (QED) is 0.210. The molecular formula is C26H30N4O3S2. The maximum absolute atomic E-state index is 6.27. The van der Waals surface area contributed by atoms with E-state index in [9.17, 15) is 0 Å². The normalized spacial score (nSPS) is 10.9. The molecule has 35 heavy (non-hydrogen) atoms. The van der Waals surface area contributed by atoms with Gasteiger partial charge in [-0.05, 0) is 18.4 Å². The molecule has 0 aliphatic heterocycles. The minimum absolute atomic E-state index is 0.442. The molecule has 2 aromatic heterocycles. The SMILES string of the molecule is CCCCCc1ccc(-c2csc(-c3sc(Nc4cc(OC)c(OC)c(OC)c4)nc3N)n2)cc1. The minimum Gasteiger partial charge on any atom is -0.493 e. The second-order valence-corrected chi connectivity index (χ2v) is 9.82. The van der Waals surface area contributed by atoms with Gasteiger partial charge in [0.25, 0.3) is 0 Å². The number of anilines is 3. The topological polar surface area (TPSA) is 91.5 Å². The Bertz CT molecular complexity index is 1240. The van der Waals surface area contributed by atoms with Gasteiger partial charge in [0.05, 0.1) is 27.0 Å². The van der Waals surface area contributed by atoms with Gasteiger partial charge in [0, 0.05) is 28.8 Å². The zero-order chi connectivity index (χ0) is 24.8. The van der Waals surface area contributed by atoms with Crippen LogP contribution < -0.4 is 25.3 Å². The highest BCUT2D eigenvalue weighted by Gasteiger charge is 2.17. The minimum atomic E-state index is 0.442. The van der Waals surface area contributed by atoms with Crippen molar-refractivity contribution in [1.82, 2.24) is 9.97 Å². The molecule has 2 heterocycles. The van der Waals surface area contributed by atoms with Crippen LogP contribution in [-0.2, 0) is 6.42 Å². The number of hydrogen-bond donors (Lipinski definition) is 2. The number of unbranched alkanes of at least 4 members (excludes halogenated alkanes) is 2. The van der Waals surface area contributed by atoms with Crippen molar-refractivity contribution in [2.75, 3.05) is 32.4 Å². The molecule has 0 aliphatic rings. The maximum Gasteiger partial charge on any atom is 0.203 e. The van der Waals surface area contributed by atoms with Gasteiger partial charge in [-0.2, -0.15) is 0 Å². The van der Waals surface area contributed by atoms with Crippen LogP contribution in [0.2, 0.25) is 0 Å². The van der Waals surface area contributed by atoms with Crippen molar-refractivity contribution in [1.29, 1.82) is 0 Å². The van der Waals surface area contributed by atoms with Gasteiger partial charge in [0.1, 0.15) is 15.7 Å². The maximum atomic E-state index is 6.27. The van der Waals surface area contributed by atoms with Crippen molar-refractivity contribution in [3.05, 3.63) is 47.3 Å². The number of aryl methyl sites for hydroxylation is 1. The Morgan fingerprint density at radius 1 is 0.943 bits per heavy atom. The first-order valence-corrected chi connectivity index (χ1v) is 13.1. The van der Waals surface area contributed by atoms with Crippen LogP contribution in [0.4, 0.5) is 16.6 Å². The summed E-state index contributed by atoms with van der Waals surface area (Å²) in [6.45, 7) is 2.23. The van der Waals surface area contributed by atoms with Gasteiger partial charge in [-0.25, -0.2) is 9.97 Å². The van der Waals surface area contributed by atoms with Crippen LogP contribution in [0.5, 0.6) is 17.2 Å². The van der Waals surface area contributed by atoms with Gasteiger partial charge >= 0.3 is 0 Å². The number of hydrogen-bond acceptors (Lipinski definition) is 9. The Hall–Kier alpha value is -3.30. The van der Waals surface area contributed by atoms with Crippen LogP contribution in [0, 0.1) is 0 Å². The molecule has 0 radical (unpaired) electrons. The van der Waals surface area contributed by atoms with Gasteiger partial charge < -0.3 is 25.3 Å². The molecule has 0 saturated heterocycles. The summed E-state index contributed by atoms with van der Waals surface area (Å²) in [4.78, 5) is 10.2. The lowest BCUT2D eigenvalue weighted by Crippen LogP contribution is -1.97. The molecule has 4 aromatic rings. The molecule has 9 heteroatoms. The molecule has 0 saturated carbocycles. The average Bonchev–Trinajstić information content (AvgIpc) is 3.50. The molecule has 0 amide bonds. The third kappa shape index (κ3) is 5.68. The van der Waals surface area contributed by atoms with Crippen LogP contribution in [0.3, 0.4) is 0 Å². The lowest BCUT2D eigenvalue weighted by atomic mass is 10.0. The van der Waals surface area contributed by atoms with E-state index in [1.54, 1.807) is 32.7 Å². The standard InChI is InChI=1S/C26H30N4O3S2/c1-5-6-7-8-16-9-11-17(12-10-16)19-15-34-25(29-19)23-24(27)30-26(35-23)28-18-13-20(31-2)22(33-4)21(14-18)32-3/h9-15H,5-8,27H2,1-4H3,(H,28,30). The molecule has 3 N–H and O–H groups in total. The van der Waals surface area contributed by atoms with Crippen LogP contribution in [0.1, 0.15) is 31.7 Å². The monoisotopic (exact) mass is 510 g/mol. The number of nitrogen functional groups attached to an aromatic ring is 1. The first-order valence-electron chi connectivity index (χ1n) is 11.4. The average molecular weight is 511 g/mol. The summed E-state index contributed by atoms with van der Waals surface area (Å²) >= 11 is 3.02. The fourth-order valence-electron chi connectivity index (χ4n) is 3.75. The van der Waals surface area contributed by atoms with Crippen molar-refractivity contribution < 1.29 is 14.2 Å². The molecule has 2 aromatic carbocycles. The molecular weight excluding hydrogens is 480 g/mol. The van der Waals surface area contributed by atoms with E-state index in [2.05, 4.69) is 46.9 Å². The Balaban J connectivity index is 1.52. The highest BCUT2D eigenvalue weighted by Crippen LogP contribution is 2.43. The summed E-state index contributed by atoms with van der Waals surface area (Å²) in [6, 6.07) is 12.3. The van der Waals surface area contributed by atoms with Crippen molar-refractivity contribution in [3.8, 4) is 38.4 Å². The first kappa shape index (κ1) is 24.8. The fraction of sp³-hybridized carbons (Fsp3) is 0.308. The third-order valence-electron chi connectivity index (χ3n) is 5.59. The predicted octanol–water partition coefficient (Wildman–Crippen LogP) is 7.02. The molecule has 7 nitrogen and oxygen atoms in total. The van der Waals surface area contributed by atoms with E-state index in [-0.39, 0.29) is 0 Å². The summed E-state index contributed by atoms with van der Waals surface area (Å²) in [5.41, 5.74) is 10.4. The van der Waals surface area contributed by atoms with E-state index in [4.69, 9.17) is 24.9 Å². The number of aromatic nitrogens is 2. The lowest BCUT2D eigenvalue weighted by Gasteiger charge is -2.14. The molecule has 0 atom stereocenters. The van der Waals surface area contributed by atoms with E-state index < -0.39 is 0 Å². The lowest BCUT2D eigenvalue weighted by molar-refractivity contribution is 0.324. The van der Waals surface area contributed by atoms with Gasteiger partial charge in [0.2, 0.25) is 5.75 Å². The molecule has 184 valence electrons. The van der Waals surface area contributed by atoms with Gasteiger partial charge in [-0.3, -0.25) is 0 Å². The predicted molar refractivity (Wildman–Crippen MR) is 146 cm³/mol. The van der Waals surface area contributed by atoms with Crippen LogP contribution in [-0.4, -0.2) is 31.3 Å². The van der Waals surface area contributed by atoms with Crippen molar-refractivity contribution in [2.45, 2.75) is 32.6 Å². The number of benzene rings is 2. The van der Waals surface area contributed by atoms with Crippen molar-refractivity contribution in [3.63, 3.8) is 0 Å². The molecule has 0 fully saturated rings. The second-order valence-electron chi connectivity index (χ2n) is 7.96. The molecule has 0 spiro atoms. The molecule has 4 rings (SSSR count). The van der Waals surface area contributed by atoms with E-state index in [1.165, 1.54) is 36.2 Å². The number of nitrogens with two attached hydrogens (primary N) is 1. The molecule has 0 bridgehead atoms. The Labute approximate surface area is 213 Å². The summed E-state index contributed by atoms with van der Waals surface area (Å²) in [5.74, 6) is 2.08. The summed E-state index contributed by atoms with van der Waals surface area (Å²) in [7, 11) is 4.74. The third-order valence-corrected chi connectivity index (χ3v) is 7.57. The van der Waals surface area contributed by atoms with Gasteiger partial charge in [0.15, 0.2) is 16.6 Å². The zero-order valence-electron chi connectivity index (χ0n) is 20.4.